The van der Waals surface area contributed by atoms with Crippen molar-refractivity contribution in [2.24, 2.45) is 0 Å². The molecule has 1 heterocycles. The van der Waals surface area contributed by atoms with Crippen LogP contribution in [0.5, 0.6) is 0 Å². The number of anilines is 1. The molecule has 20 heavy (non-hydrogen) atoms. The molecule has 4 heteroatoms. The van der Waals surface area contributed by atoms with Crippen molar-refractivity contribution < 1.29 is 4.74 Å². The van der Waals surface area contributed by atoms with E-state index in [1.807, 2.05) is 6.92 Å². The standard InChI is InChI=1S/C16H23N3O/c1-12-6-7-13(2)15(10-12)19-11-14(3)18-16(19)17-8-5-9-20-4/h6-7,10-11H,5,8-9H2,1-4H3,(H,17,18). The fourth-order valence-electron chi connectivity index (χ4n) is 2.20. The summed E-state index contributed by atoms with van der Waals surface area (Å²) in [6, 6.07) is 6.47. The van der Waals surface area contributed by atoms with E-state index in [1.165, 1.54) is 16.8 Å². The molecule has 2 aromatic rings. The average Bonchev–Trinajstić information content (AvgIpc) is 2.78. The molecule has 0 saturated heterocycles. The van der Waals surface area contributed by atoms with Gasteiger partial charge in [0.05, 0.1) is 11.4 Å². The van der Waals surface area contributed by atoms with Crippen LogP contribution in [0.1, 0.15) is 23.2 Å². The van der Waals surface area contributed by atoms with Gasteiger partial charge in [0.15, 0.2) is 0 Å². The van der Waals surface area contributed by atoms with Crippen LogP contribution in [-0.4, -0.2) is 29.8 Å². The number of nitrogens with one attached hydrogen (secondary N) is 1. The van der Waals surface area contributed by atoms with Gasteiger partial charge in [-0.05, 0) is 44.4 Å². The first-order chi connectivity index (χ1) is 9.61. The second kappa shape index (κ2) is 6.57. The number of imidazole rings is 1. The molecule has 0 aliphatic rings. The van der Waals surface area contributed by atoms with Gasteiger partial charge in [-0.2, -0.15) is 0 Å². The summed E-state index contributed by atoms with van der Waals surface area (Å²) in [7, 11) is 1.72. The molecule has 0 aliphatic carbocycles. The maximum atomic E-state index is 5.07. The van der Waals surface area contributed by atoms with Gasteiger partial charge in [0.2, 0.25) is 5.95 Å². The van der Waals surface area contributed by atoms with Crippen molar-refractivity contribution in [3.05, 3.63) is 41.2 Å². The maximum absolute atomic E-state index is 5.07. The zero-order chi connectivity index (χ0) is 14.5. The second-order valence-corrected chi connectivity index (χ2v) is 5.14. The summed E-state index contributed by atoms with van der Waals surface area (Å²) in [5.41, 5.74) is 4.69. The average molecular weight is 273 g/mol. The van der Waals surface area contributed by atoms with Crippen LogP contribution in [0.3, 0.4) is 0 Å². The van der Waals surface area contributed by atoms with Crippen LogP contribution in [0, 0.1) is 20.8 Å². The van der Waals surface area contributed by atoms with E-state index in [4.69, 9.17) is 4.74 Å². The minimum Gasteiger partial charge on any atom is -0.385 e. The largest absolute Gasteiger partial charge is 0.385 e. The van der Waals surface area contributed by atoms with Crippen molar-refractivity contribution in [1.29, 1.82) is 0 Å². The number of methoxy groups -OCH3 is 1. The SMILES string of the molecule is COCCCNc1nc(C)cn1-c1cc(C)ccc1C. The molecule has 108 valence electrons. The summed E-state index contributed by atoms with van der Waals surface area (Å²) in [6.07, 6.45) is 3.04. The Kier molecular flexibility index (Phi) is 4.79. The van der Waals surface area contributed by atoms with Crippen LogP contribution in [-0.2, 0) is 4.74 Å². The molecule has 0 radical (unpaired) electrons. The van der Waals surface area contributed by atoms with Crippen LogP contribution < -0.4 is 5.32 Å². The van der Waals surface area contributed by atoms with Gasteiger partial charge in [0.25, 0.3) is 0 Å². The Morgan fingerprint density at radius 2 is 2.05 bits per heavy atom. The molecule has 0 spiro atoms. The van der Waals surface area contributed by atoms with Gasteiger partial charge in [-0.15, -0.1) is 0 Å². The number of aromatic nitrogens is 2. The minimum atomic E-state index is 0.760. The summed E-state index contributed by atoms with van der Waals surface area (Å²) >= 11 is 0. The first kappa shape index (κ1) is 14.6. The lowest BCUT2D eigenvalue weighted by Crippen LogP contribution is -2.10. The van der Waals surface area contributed by atoms with E-state index < -0.39 is 0 Å². The molecule has 4 nitrogen and oxygen atoms in total. The van der Waals surface area contributed by atoms with Crippen molar-refractivity contribution in [1.82, 2.24) is 9.55 Å². The summed E-state index contributed by atoms with van der Waals surface area (Å²) in [4.78, 5) is 4.57. The minimum absolute atomic E-state index is 0.760. The van der Waals surface area contributed by atoms with E-state index in [0.29, 0.717) is 0 Å². The Morgan fingerprint density at radius 3 is 2.80 bits per heavy atom. The van der Waals surface area contributed by atoms with Gasteiger partial charge in [0.1, 0.15) is 0 Å². The summed E-state index contributed by atoms with van der Waals surface area (Å²) in [5.74, 6) is 0.896. The Bertz CT molecular complexity index is 575. The number of hydrogen-bond donors (Lipinski definition) is 1. The van der Waals surface area contributed by atoms with Crippen LogP contribution in [0.4, 0.5) is 5.95 Å². The number of hydrogen-bond acceptors (Lipinski definition) is 3. The highest BCUT2D eigenvalue weighted by Gasteiger charge is 2.09. The zero-order valence-electron chi connectivity index (χ0n) is 12.7. The van der Waals surface area contributed by atoms with Crippen molar-refractivity contribution in [3.63, 3.8) is 0 Å². The summed E-state index contributed by atoms with van der Waals surface area (Å²) < 4.78 is 7.20. The Morgan fingerprint density at radius 1 is 1.25 bits per heavy atom. The van der Waals surface area contributed by atoms with E-state index in [1.54, 1.807) is 7.11 Å². The number of rotatable bonds is 6. The second-order valence-electron chi connectivity index (χ2n) is 5.14. The maximum Gasteiger partial charge on any atom is 0.207 e. The third-order valence-corrected chi connectivity index (χ3v) is 3.26. The summed E-state index contributed by atoms with van der Waals surface area (Å²) in [5, 5.41) is 3.39. The van der Waals surface area contributed by atoms with Crippen molar-refractivity contribution in [2.75, 3.05) is 25.6 Å². The van der Waals surface area contributed by atoms with Crippen molar-refractivity contribution >= 4 is 5.95 Å². The lowest BCUT2D eigenvalue weighted by molar-refractivity contribution is 0.197. The monoisotopic (exact) mass is 273 g/mol. The van der Waals surface area contributed by atoms with E-state index in [2.05, 4.69) is 53.1 Å². The van der Waals surface area contributed by atoms with Crippen molar-refractivity contribution in [3.8, 4) is 5.69 Å². The molecular weight excluding hydrogens is 250 g/mol. The molecule has 1 N–H and O–H groups in total. The Balaban J connectivity index is 2.25. The molecule has 0 bridgehead atoms. The molecule has 1 aromatic heterocycles. The highest BCUT2D eigenvalue weighted by molar-refractivity contribution is 5.49. The van der Waals surface area contributed by atoms with E-state index in [0.717, 1.165) is 31.2 Å². The zero-order valence-corrected chi connectivity index (χ0v) is 12.7. The molecule has 0 fully saturated rings. The van der Waals surface area contributed by atoms with Crippen LogP contribution in [0.25, 0.3) is 5.69 Å². The smallest absolute Gasteiger partial charge is 0.207 e. The Hall–Kier alpha value is -1.81. The fraction of sp³-hybridized carbons (Fsp3) is 0.438. The third-order valence-electron chi connectivity index (χ3n) is 3.26. The topological polar surface area (TPSA) is 39.1 Å². The lowest BCUT2D eigenvalue weighted by Gasteiger charge is -2.12. The normalized spacial score (nSPS) is 10.8. The predicted molar refractivity (Wildman–Crippen MR) is 82.8 cm³/mol. The molecule has 1 aromatic carbocycles. The molecule has 0 amide bonds. The van der Waals surface area contributed by atoms with E-state index in [9.17, 15) is 0 Å². The molecule has 0 saturated carbocycles. The van der Waals surface area contributed by atoms with Gasteiger partial charge < -0.3 is 10.1 Å². The molecular formula is C16H23N3O. The first-order valence-electron chi connectivity index (χ1n) is 6.98. The van der Waals surface area contributed by atoms with E-state index in [-0.39, 0.29) is 0 Å². The van der Waals surface area contributed by atoms with Gasteiger partial charge in [-0.1, -0.05) is 12.1 Å². The Labute approximate surface area is 120 Å². The quantitative estimate of drug-likeness (QED) is 0.821. The van der Waals surface area contributed by atoms with Crippen LogP contribution in [0.2, 0.25) is 0 Å². The summed E-state index contributed by atoms with van der Waals surface area (Å²) in [6.45, 7) is 7.87. The molecule has 0 atom stereocenters. The predicted octanol–water partition coefficient (Wildman–Crippen LogP) is 3.25. The van der Waals surface area contributed by atoms with Crippen molar-refractivity contribution in [2.45, 2.75) is 27.2 Å². The van der Waals surface area contributed by atoms with Crippen LogP contribution in [0.15, 0.2) is 24.4 Å². The third kappa shape index (κ3) is 3.39. The lowest BCUT2D eigenvalue weighted by atomic mass is 10.1. The number of aryl methyl sites for hydroxylation is 3. The molecule has 0 unspecified atom stereocenters. The van der Waals surface area contributed by atoms with Crippen LogP contribution >= 0.6 is 0 Å². The number of benzene rings is 1. The van der Waals surface area contributed by atoms with Gasteiger partial charge in [-0.25, -0.2) is 4.98 Å². The molecule has 0 aliphatic heterocycles. The van der Waals surface area contributed by atoms with Gasteiger partial charge in [0, 0.05) is 26.5 Å². The highest BCUT2D eigenvalue weighted by atomic mass is 16.5. The number of ether oxygens (including phenoxy) is 1. The number of nitrogens with zero attached hydrogens (tertiary/aromatic N) is 2. The highest BCUT2D eigenvalue weighted by Crippen LogP contribution is 2.21. The molecule has 2 rings (SSSR count). The first-order valence-corrected chi connectivity index (χ1v) is 6.98. The van der Waals surface area contributed by atoms with Gasteiger partial charge in [-0.3, -0.25) is 4.57 Å². The van der Waals surface area contributed by atoms with Gasteiger partial charge >= 0.3 is 0 Å². The fourth-order valence-corrected chi connectivity index (χ4v) is 2.20. The van der Waals surface area contributed by atoms with E-state index >= 15 is 0 Å².